The lowest BCUT2D eigenvalue weighted by Crippen LogP contribution is -2.14. The van der Waals surface area contributed by atoms with Crippen molar-refractivity contribution in [1.82, 2.24) is 9.55 Å². The van der Waals surface area contributed by atoms with Gasteiger partial charge in [0, 0.05) is 17.2 Å². The third kappa shape index (κ3) is 3.99. The van der Waals surface area contributed by atoms with Gasteiger partial charge in [0.05, 0.1) is 16.7 Å². The lowest BCUT2D eigenvalue weighted by molar-refractivity contribution is 0.660. The number of aryl methyl sites for hydroxylation is 1. The number of para-hydroxylation sites is 2. The maximum atomic E-state index is 5.02. The molecule has 0 aliphatic heterocycles. The summed E-state index contributed by atoms with van der Waals surface area (Å²) in [4.78, 5) is 5.02. The summed E-state index contributed by atoms with van der Waals surface area (Å²) < 4.78 is 2.36. The Morgan fingerprint density at radius 1 is 0.500 bits per heavy atom. The Morgan fingerprint density at radius 3 is 1.78 bits per heavy atom. The van der Waals surface area contributed by atoms with Crippen molar-refractivity contribution in [2.45, 2.75) is 32.6 Å². The van der Waals surface area contributed by atoms with Crippen molar-refractivity contribution in [2.24, 2.45) is 0 Å². The molecule has 0 N–H and O–H groups in total. The molecule has 2 heteroatoms. The lowest BCUT2D eigenvalue weighted by atomic mass is 9.80. The predicted molar refractivity (Wildman–Crippen MR) is 211 cm³/mol. The third-order valence-electron chi connectivity index (χ3n) is 11.2. The van der Waals surface area contributed by atoms with E-state index in [1.54, 1.807) is 0 Å². The maximum Gasteiger partial charge on any atom is 0.114 e. The number of hydrogen-bond acceptors (Lipinski definition) is 1. The van der Waals surface area contributed by atoms with E-state index in [9.17, 15) is 0 Å². The van der Waals surface area contributed by atoms with Gasteiger partial charge in [-0.25, -0.2) is 4.98 Å². The molecule has 0 fully saturated rings. The molecule has 0 amide bonds. The minimum absolute atomic E-state index is 0.0631. The minimum atomic E-state index is -0.0631. The largest absolute Gasteiger partial charge is 0.296 e. The average Bonchev–Trinajstić information content (AvgIpc) is 3.65. The molecule has 0 saturated heterocycles. The summed E-state index contributed by atoms with van der Waals surface area (Å²) in [5, 5.41) is 7.55. The highest BCUT2D eigenvalue weighted by Gasteiger charge is 2.35. The Bertz CT molecular complexity index is 2780. The van der Waals surface area contributed by atoms with Crippen LogP contribution >= 0.6 is 0 Å². The van der Waals surface area contributed by atoms with Gasteiger partial charge in [-0.3, -0.25) is 4.57 Å². The Hall–Kier alpha value is -5.99. The van der Waals surface area contributed by atoms with Crippen LogP contribution in [0.1, 0.15) is 37.7 Å². The van der Waals surface area contributed by atoms with Crippen molar-refractivity contribution in [2.75, 3.05) is 0 Å². The van der Waals surface area contributed by atoms with Crippen LogP contribution in [-0.4, -0.2) is 9.55 Å². The topological polar surface area (TPSA) is 17.8 Å². The Morgan fingerprint density at radius 2 is 1.06 bits per heavy atom. The summed E-state index contributed by atoms with van der Waals surface area (Å²) in [6, 6.07) is 56.1. The van der Waals surface area contributed by atoms with Gasteiger partial charge in [-0.15, -0.1) is 0 Å². The molecule has 0 atom stereocenters. The molecular formula is C48H36N2. The summed E-state index contributed by atoms with van der Waals surface area (Å²) in [6.45, 7) is 6.92. The van der Waals surface area contributed by atoms with Gasteiger partial charge in [-0.2, -0.15) is 0 Å². The Labute approximate surface area is 292 Å². The smallest absolute Gasteiger partial charge is 0.114 e. The van der Waals surface area contributed by atoms with E-state index in [0.717, 1.165) is 23.3 Å². The second-order valence-corrected chi connectivity index (χ2v) is 14.2. The summed E-state index contributed by atoms with van der Waals surface area (Å²) >= 11 is 0. The first kappa shape index (κ1) is 29.0. The monoisotopic (exact) mass is 640 g/mol. The highest BCUT2D eigenvalue weighted by Crippen LogP contribution is 2.51. The van der Waals surface area contributed by atoms with E-state index in [2.05, 4.69) is 177 Å². The highest BCUT2D eigenvalue weighted by molar-refractivity contribution is 6.24. The first-order valence-corrected chi connectivity index (χ1v) is 17.7. The van der Waals surface area contributed by atoms with E-state index in [1.807, 2.05) is 0 Å². The molecule has 0 bridgehead atoms. The number of imidazole rings is 1. The molecule has 1 aliphatic rings. The van der Waals surface area contributed by atoms with Gasteiger partial charge in [-0.1, -0.05) is 148 Å². The molecule has 8 aromatic carbocycles. The number of hydrogen-bond donors (Lipinski definition) is 0. The van der Waals surface area contributed by atoms with E-state index in [-0.39, 0.29) is 5.41 Å². The van der Waals surface area contributed by atoms with Crippen molar-refractivity contribution >= 4 is 43.4 Å². The maximum absolute atomic E-state index is 5.02. The van der Waals surface area contributed by atoms with Crippen molar-refractivity contribution in [3.05, 3.63) is 169 Å². The Kier molecular flexibility index (Phi) is 6.23. The summed E-state index contributed by atoms with van der Waals surface area (Å²) in [6.07, 6.45) is 0.855. The lowest BCUT2D eigenvalue weighted by Gasteiger charge is -2.23. The van der Waals surface area contributed by atoms with Crippen LogP contribution in [0.25, 0.3) is 82.4 Å². The first-order valence-electron chi connectivity index (χ1n) is 17.7. The van der Waals surface area contributed by atoms with E-state index in [1.165, 1.54) is 82.5 Å². The predicted octanol–water partition coefficient (Wildman–Crippen LogP) is 12.7. The molecule has 0 saturated carbocycles. The molecule has 0 unspecified atom stereocenters. The van der Waals surface area contributed by atoms with E-state index >= 15 is 0 Å². The molecule has 0 spiro atoms. The molecule has 2 nitrogen and oxygen atoms in total. The molecule has 1 aliphatic carbocycles. The summed E-state index contributed by atoms with van der Waals surface area (Å²) in [7, 11) is 0. The second-order valence-electron chi connectivity index (χ2n) is 14.2. The summed E-state index contributed by atoms with van der Waals surface area (Å²) in [5.41, 5.74) is 13.9. The molecule has 238 valence electrons. The van der Waals surface area contributed by atoms with Gasteiger partial charge in [0.25, 0.3) is 0 Å². The third-order valence-corrected chi connectivity index (χ3v) is 11.2. The average molecular weight is 641 g/mol. The van der Waals surface area contributed by atoms with Crippen molar-refractivity contribution < 1.29 is 0 Å². The molecule has 1 aromatic heterocycles. The fourth-order valence-corrected chi connectivity index (χ4v) is 8.87. The molecule has 10 rings (SSSR count). The zero-order chi connectivity index (χ0) is 33.6. The number of nitrogens with zero attached hydrogens (tertiary/aromatic N) is 2. The van der Waals surface area contributed by atoms with Crippen molar-refractivity contribution in [3.8, 4) is 39.1 Å². The highest BCUT2D eigenvalue weighted by atomic mass is 15.1. The van der Waals surface area contributed by atoms with E-state index < -0.39 is 0 Å². The standard InChI is InChI=1S/C48H36N2/c1-4-45-49-42-23-13-14-24-44(42)50(45)43-28-27-39(31-15-5-6-17-34(31)43)47-37-20-9-7-18-35(37)46(36-19-8-10-21-38(36)47)30-25-26-33-32-16-11-12-22-40(32)48(2,3)41(33)29-30/h5-29H,4H2,1-3H3. The van der Waals surface area contributed by atoms with Gasteiger partial charge in [0.15, 0.2) is 0 Å². The Balaban J connectivity index is 1.25. The van der Waals surface area contributed by atoms with Gasteiger partial charge in [-0.05, 0) is 95.7 Å². The van der Waals surface area contributed by atoms with Crippen LogP contribution in [0.2, 0.25) is 0 Å². The van der Waals surface area contributed by atoms with Crippen LogP contribution in [0.4, 0.5) is 0 Å². The van der Waals surface area contributed by atoms with Crippen LogP contribution in [0.15, 0.2) is 152 Å². The van der Waals surface area contributed by atoms with Crippen LogP contribution < -0.4 is 0 Å². The van der Waals surface area contributed by atoms with Gasteiger partial charge in [0.1, 0.15) is 5.82 Å². The molecular weight excluding hydrogens is 605 g/mol. The fraction of sp³-hybridized carbons (Fsp3) is 0.104. The van der Waals surface area contributed by atoms with Crippen LogP contribution in [0, 0.1) is 0 Å². The SMILES string of the molecule is CCc1nc2ccccc2n1-c1ccc(-c2c3ccccc3c(-c3ccc4c(c3)C(C)(C)c3ccccc3-4)c3ccccc23)c2ccccc12. The first-order chi connectivity index (χ1) is 24.5. The van der Waals surface area contributed by atoms with Gasteiger partial charge in [0.2, 0.25) is 0 Å². The van der Waals surface area contributed by atoms with Gasteiger partial charge < -0.3 is 0 Å². The second kappa shape index (κ2) is 10.8. The molecule has 50 heavy (non-hydrogen) atoms. The number of aromatic nitrogens is 2. The zero-order valence-corrected chi connectivity index (χ0v) is 28.5. The number of rotatable bonds is 4. The quantitative estimate of drug-likeness (QED) is 0.175. The van der Waals surface area contributed by atoms with Crippen molar-refractivity contribution in [3.63, 3.8) is 0 Å². The van der Waals surface area contributed by atoms with Crippen LogP contribution in [-0.2, 0) is 11.8 Å². The zero-order valence-electron chi connectivity index (χ0n) is 28.5. The molecule has 0 radical (unpaired) electrons. The molecule has 9 aromatic rings. The fourth-order valence-electron chi connectivity index (χ4n) is 8.87. The van der Waals surface area contributed by atoms with Crippen LogP contribution in [0.5, 0.6) is 0 Å². The van der Waals surface area contributed by atoms with Crippen molar-refractivity contribution in [1.29, 1.82) is 0 Å². The van der Waals surface area contributed by atoms with E-state index in [4.69, 9.17) is 4.98 Å². The minimum Gasteiger partial charge on any atom is -0.296 e. The summed E-state index contributed by atoms with van der Waals surface area (Å²) in [5.74, 6) is 1.07. The van der Waals surface area contributed by atoms with Crippen LogP contribution in [0.3, 0.4) is 0 Å². The molecule has 1 heterocycles. The normalized spacial score (nSPS) is 13.3. The van der Waals surface area contributed by atoms with Gasteiger partial charge >= 0.3 is 0 Å². The van der Waals surface area contributed by atoms with E-state index in [0.29, 0.717) is 0 Å². The number of benzene rings is 8. The number of fused-ring (bicyclic) bond motifs is 7.